The van der Waals surface area contributed by atoms with Crippen LogP contribution in [0.25, 0.3) is 0 Å². The van der Waals surface area contributed by atoms with Crippen LogP contribution in [0.5, 0.6) is 11.5 Å². The van der Waals surface area contributed by atoms with Crippen molar-refractivity contribution in [2.45, 2.75) is 18.8 Å². The Kier molecular flexibility index (Phi) is 2.52. The van der Waals surface area contributed by atoms with Crippen LogP contribution in [0.3, 0.4) is 0 Å². The topological polar surface area (TPSA) is 35.5 Å². The Balaban J connectivity index is 1.86. The maximum absolute atomic E-state index is 12.0. The van der Waals surface area contributed by atoms with Gasteiger partial charge in [-0.25, -0.2) is 0 Å². The number of ketones is 1. The molecule has 0 aromatic heterocycles. The molecule has 4 rings (SSSR count). The van der Waals surface area contributed by atoms with Gasteiger partial charge in [0.2, 0.25) is 6.79 Å². The lowest BCUT2D eigenvalue weighted by molar-refractivity contribution is -0.119. The highest BCUT2D eigenvalue weighted by atomic mass is 16.7. The van der Waals surface area contributed by atoms with E-state index in [1.807, 2.05) is 30.3 Å². The summed E-state index contributed by atoms with van der Waals surface area (Å²) in [6, 6.07) is 14.2. The van der Waals surface area contributed by atoms with Crippen LogP contribution in [-0.2, 0) is 11.2 Å². The lowest BCUT2D eigenvalue weighted by Crippen LogP contribution is -2.19. The van der Waals surface area contributed by atoms with E-state index < -0.39 is 0 Å². The Hall–Kier alpha value is -2.29. The van der Waals surface area contributed by atoms with Gasteiger partial charge in [0.15, 0.2) is 11.5 Å². The molecule has 3 heteroatoms. The van der Waals surface area contributed by atoms with Gasteiger partial charge >= 0.3 is 0 Å². The van der Waals surface area contributed by atoms with Crippen molar-refractivity contribution in [2.75, 3.05) is 6.79 Å². The first-order valence-electron chi connectivity index (χ1n) is 6.80. The summed E-state index contributed by atoms with van der Waals surface area (Å²) in [5.74, 6) is 1.96. The maximum Gasteiger partial charge on any atom is 0.231 e. The Morgan fingerprint density at radius 3 is 2.55 bits per heavy atom. The molecule has 3 nitrogen and oxygen atoms in total. The van der Waals surface area contributed by atoms with Crippen LogP contribution in [0.1, 0.15) is 29.0 Å². The average Bonchev–Trinajstić information content (AvgIpc) is 2.92. The zero-order valence-electron chi connectivity index (χ0n) is 11.0. The second kappa shape index (κ2) is 4.37. The van der Waals surface area contributed by atoms with Crippen molar-refractivity contribution in [3.8, 4) is 11.5 Å². The number of benzene rings is 2. The van der Waals surface area contributed by atoms with Crippen molar-refractivity contribution < 1.29 is 14.3 Å². The van der Waals surface area contributed by atoms with Gasteiger partial charge in [0.1, 0.15) is 5.78 Å². The quantitative estimate of drug-likeness (QED) is 0.795. The van der Waals surface area contributed by atoms with Crippen LogP contribution < -0.4 is 9.47 Å². The van der Waals surface area contributed by atoms with Crippen LogP contribution >= 0.6 is 0 Å². The molecule has 1 atom stereocenters. The molecule has 2 aromatic rings. The first kappa shape index (κ1) is 11.5. The molecule has 0 amide bonds. The van der Waals surface area contributed by atoms with E-state index in [2.05, 4.69) is 12.1 Å². The van der Waals surface area contributed by atoms with Gasteiger partial charge in [-0.05, 0) is 28.8 Å². The van der Waals surface area contributed by atoms with Crippen molar-refractivity contribution in [3.05, 3.63) is 59.2 Å². The van der Waals surface area contributed by atoms with Gasteiger partial charge in [0, 0.05) is 18.8 Å². The van der Waals surface area contributed by atoms with Crippen molar-refractivity contribution in [1.29, 1.82) is 0 Å². The number of carbonyl (C=O) groups is 1. The summed E-state index contributed by atoms with van der Waals surface area (Å²) in [5.41, 5.74) is 3.44. The third-order valence-electron chi connectivity index (χ3n) is 4.03. The standard InChI is InChI=1S/C17H14O3/c18-13-6-12-7-16-17(20-10-19-16)9-15(12)14(8-13)11-4-2-1-3-5-11/h1-5,7,9,14H,6,8,10H2. The summed E-state index contributed by atoms with van der Waals surface area (Å²) in [5, 5.41) is 0. The number of carbonyl (C=O) groups excluding carboxylic acids is 1. The van der Waals surface area contributed by atoms with E-state index >= 15 is 0 Å². The van der Waals surface area contributed by atoms with E-state index in [1.165, 1.54) is 11.1 Å². The lowest BCUT2D eigenvalue weighted by Gasteiger charge is -2.25. The molecule has 1 aliphatic heterocycles. The fourth-order valence-electron chi connectivity index (χ4n) is 3.08. The average molecular weight is 266 g/mol. The summed E-state index contributed by atoms with van der Waals surface area (Å²) in [7, 11) is 0. The summed E-state index contributed by atoms with van der Waals surface area (Å²) in [4.78, 5) is 12.0. The second-order valence-electron chi connectivity index (χ2n) is 5.29. The Morgan fingerprint density at radius 2 is 1.75 bits per heavy atom. The number of fused-ring (bicyclic) bond motifs is 2. The highest BCUT2D eigenvalue weighted by Crippen LogP contribution is 2.42. The third-order valence-corrected chi connectivity index (χ3v) is 4.03. The van der Waals surface area contributed by atoms with Gasteiger partial charge in [-0.3, -0.25) is 4.79 Å². The highest BCUT2D eigenvalue weighted by Gasteiger charge is 2.29. The van der Waals surface area contributed by atoms with E-state index in [4.69, 9.17) is 9.47 Å². The van der Waals surface area contributed by atoms with Gasteiger partial charge < -0.3 is 9.47 Å². The van der Waals surface area contributed by atoms with Crippen LogP contribution in [0.15, 0.2) is 42.5 Å². The van der Waals surface area contributed by atoms with E-state index in [0.29, 0.717) is 12.8 Å². The van der Waals surface area contributed by atoms with Gasteiger partial charge in [-0.1, -0.05) is 30.3 Å². The Morgan fingerprint density at radius 1 is 1.00 bits per heavy atom. The molecule has 2 aliphatic rings. The normalized spacial score (nSPS) is 19.8. The molecule has 20 heavy (non-hydrogen) atoms. The molecule has 1 heterocycles. The molecular formula is C17H14O3. The summed E-state index contributed by atoms with van der Waals surface area (Å²) < 4.78 is 10.9. The fraction of sp³-hybridized carbons (Fsp3) is 0.235. The van der Waals surface area contributed by atoms with Crippen LogP contribution in [-0.4, -0.2) is 12.6 Å². The maximum atomic E-state index is 12.0. The Bertz CT molecular complexity index is 676. The molecule has 0 radical (unpaired) electrons. The molecular weight excluding hydrogens is 252 g/mol. The number of Topliss-reactive ketones (excluding diaryl/α,β-unsaturated/α-hetero) is 1. The van der Waals surface area contributed by atoms with Gasteiger partial charge in [-0.2, -0.15) is 0 Å². The molecule has 2 aromatic carbocycles. The fourth-order valence-corrected chi connectivity index (χ4v) is 3.08. The first-order chi connectivity index (χ1) is 9.81. The predicted molar refractivity (Wildman–Crippen MR) is 74.2 cm³/mol. The molecule has 0 saturated carbocycles. The predicted octanol–water partition coefficient (Wildman–Crippen LogP) is 3.06. The smallest absolute Gasteiger partial charge is 0.231 e. The van der Waals surface area contributed by atoms with Crippen LogP contribution in [0, 0.1) is 0 Å². The summed E-state index contributed by atoms with van der Waals surface area (Å²) in [6.45, 7) is 0.266. The molecule has 0 spiro atoms. The van der Waals surface area contributed by atoms with Crippen molar-refractivity contribution in [1.82, 2.24) is 0 Å². The number of hydrogen-bond acceptors (Lipinski definition) is 3. The van der Waals surface area contributed by atoms with Gasteiger partial charge in [0.05, 0.1) is 0 Å². The number of ether oxygens (including phenoxy) is 2. The second-order valence-corrected chi connectivity index (χ2v) is 5.29. The molecule has 100 valence electrons. The van der Waals surface area contributed by atoms with E-state index in [9.17, 15) is 4.79 Å². The number of rotatable bonds is 1. The molecule has 1 aliphatic carbocycles. The molecule has 0 bridgehead atoms. The highest BCUT2D eigenvalue weighted by molar-refractivity contribution is 5.85. The SMILES string of the molecule is O=C1Cc2cc3c(cc2C(c2ccccc2)C1)OCO3. The minimum atomic E-state index is 0.127. The molecule has 1 unspecified atom stereocenters. The summed E-state index contributed by atoms with van der Waals surface area (Å²) >= 11 is 0. The minimum Gasteiger partial charge on any atom is -0.454 e. The minimum absolute atomic E-state index is 0.127. The first-order valence-corrected chi connectivity index (χ1v) is 6.80. The van der Waals surface area contributed by atoms with Crippen molar-refractivity contribution in [2.24, 2.45) is 0 Å². The summed E-state index contributed by atoms with van der Waals surface area (Å²) in [6.07, 6.45) is 1.06. The van der Waals surface area contributed by atoms with Crippen molar-refractivity contribution in [3.63, 3.8) is 0 Å². The zero-order valence-corrected chi connectivity index (χ0v) is 11.0. The Labute approximate surface area is 117 Å². The van der Waals surface area contributed by atoms with Crippen molar-refractivity contribution >= 4 is 5.78 Å². The van der Waals surface area contributed by atoms with E-state index in [1.54, 1.807) is 0 Å². The van der Waals surface area contributed by atoms with Gasteiger partial charge in [0.25, 0.3) is 0 Å². The van der Waals surface area contributed by atoms with E-state index in [0.717, 1.165) is 17.1 Å². The largest absolute Gasteiger partial charge is 0.454 e. The van der Waals surface area contributed by atoms with Crippen LogP contribution in [0.2, 0.25) is 0 Å². The lowest BCUT2D eigenvalue weighted by atomic mass is 9.78. The molecule has 0 fully saturated rings. The third kappa shape index (κ3) is 1.78. The molecule has 0 saturated heterocycles. The van der Waals surface area contributed by atoms with Gasteiger partial charge in [-0.15, -0.1) is 0 Å². The zero-order chi connectivity index (χ0) is 13.5. The van der Waals surface area contributed by atoms with E-state index in [-0.39, 0.29) is 18.5 Å². The van der Waals surface area contributed by atoms with Crippen LogP contribution in [0.4, 0.5) is 0 Å². The molecule has 0 N–H and O–H groups in total. The monoisotopic (exact) mass is 266 g/mol. The number of hydrogen-bond donors (Lipinski definition) is 0.